The molecule has 1 aliphatic rings. The van der Waals surface area contributed by atoms with E-state index in [0.717, 1.165) is 5.92 Å². The molecular formula is C9H19NS. The Morgan fingerprint density at radius 3 is 2.82 bits per heavy atom. The molecule has 0 radical (unpaired) electrons. The summed E-state index contributed by atoms with van der Waals surface area (Å²) < 4.78 is 0. The van der Waals surface area contributed by atoms with Gasteiger partial charge in [0.2, 0.25) is 0 Å². The van der Waals surface area contributed by atoms with Crippen LogP contribution in [0.25, 0.3) is 0 Å². The van der Waals surface area contributed by atoms with E-state index in [9.17, 15) is 0 Å². The lowest BCUT2D eigenvalue weighted by molar-refractivity contribution is 0.490. The first-order valence-corrected chi connectivity index (χ1v) is 5.97. The van der Waals surface area contributed by atoms with Crippen molar-refractivity contribution in [1.29, 1.82) is 0 Å². The molecule has 1 saturated carbocycles. The molecule has 2 heteroatoms. The predicted octanol–water partition coefficient (Wildman–Crippen LogP) is 2.26. The summed E-state index contributed by atoms with van der Waals surface area (Å²) in [5.74, 6) is 2.28. The number of rotatable bonds is 4. The van der Waals surface area contributed by atoms with Gasteiger partial charge in [-0.3, -0.25) is 0 Å². The Kier molecular flexibility index (Phi) is 4.31. The van der Waals surface area contributed by atoms with Crippen LogP contribution in [0, 0.1) is 5.92 Å². The Morgan fingerprint density at radius 2 is 2.27 bits per heavy atom. The van der Waals surface area contributed by atoms with Crippen LogP contribution >= 0.6 is 11.8 Å². The lowest BCUT2D eigenvalue weighted by Crippen LogP contribution is -2.14. The van der Waals surface area contributed by atoms with Crippen LogP contribution in [0.15, 0.2) is 0 Å². The first-order chi connectivity index (χ1) is 5.33. The topological polar surface area (TPSA) is 26.0 Å². The molecule has 2 N–H and O–H groups in total. The molecular weight excluding hydrogens is 154 g/mol. The minimum Gasteiger partial charge on any atom is -0.328 e. The van der Waals surface area contributed by atoms with Crippen LogP contribution in [0.4, 0.5) is 0 Å². The van der Waals surface area contributed by atoms with Crippen molar-refractivity contribution in [2.24, 2.45) is 11.7 Å². The van der Waals surface area contributed by atoms with Crippen LogP contribution in [0.2, 0.25) is 0 Å². The Balaban J connectivity index is 1.99. The highest BCUT2D eigenvalue weighted by molar-refractivity contribution is 7.98. The largest absolute Gasteiger partial charge is 0.328 e. The SMILES string of the molecule is CSCCCC1CCC(N)C1. The summed E-state index contributed by atoms with van der Waals surface area (Å²) in [6.07, 6.45) is 8.92. The van der Waals surface area contributed by atoms with E-state index in [2.05, 4.69) is 6.26 Å². The molecule has 0 aromatic rings. The molecule has 1 aliphatic carbocycles. The van der Waals surface area contributed by atoms with Crippen molar-refractivity contribution in [3.8, 4) is 0 Å². The van der Waals surface area contributed by atoms with Crippen LogP contribution < -0.4 is 5.73 Å². The fourth-order valence-electron chi connectivity index (χ4n) is 1.89. The van der Waals surface area contributed by atoms with Crippen molar-refractivity contribution < 1.29 is 0 Å². The van der Waals surface area contributed by atoms with Gasteiger partial charge in [-0.1, -0.05) is 0 Å². The molecule has 0 aromatic heterocycles. The van der Waals surface area contributed by atoms with E-state index in [1.807, 2.05) is 11.8 Å². The first-order valence-electron chi connectivity index (χ1n) is 4.57. The summed E-state index contributed by atoms with van der Waals surface area (Å²) in [4.78, 5) is 0. The zero-order chi connectivity index (χ0) is 8.10. The van der Waals surface area contributed by atoms with Crippen molar-refractivity contribution in [3.05, 3.63) is 0 Å². The summed E-state index contributed by atoms with van der Waals surface area (Å²) in [6, 6.07) is 0.522. The highest BCUT2D eigenvalue weighted by Gasteiger charge is 2.20. The zero-order valence-corrected chi connectivity index (χ0v) is 8.20. The van der Waals surface area contributed by atoms with Gasteiger partial charge in [-0.25, -0.2) is 0 Å². The Labute approximate surface area is 74.1 Å². The average Bonchev–Trinajstić information content (AvgIpc) is 2.37. The molecule has 0 aliphatic heterocycles. The van der Waals surface area contributed by atoms with Crippen molar-refractivity contribution in [2.45, 2.75) is 38.1 Å². The van der Waals surface area contributed by atoms with Gasteiger partial charge in [0.1, 0.15) is 0 Å². The third-order valence-corrected chi connectivity index (χ3v) is 3.24. The molecule has 0 bridgehead atoms. The van der Waals surface area contributed by atoms with Gasteiger partial charge in [0.25, 0.3) is 0 Å². The van der Waals surface area contributed by atoms with Gasteiger partial charge in [0.15, 0.2) is 0 Å². The standard InChI is InChI=1S/C9H19NS/c1-11-6-2-3-8-4-5-9(10)7-8/h8-9H,2-7,10H2,1H3. The Morgan fingerprint density at radius 1 is 1.45 bits per heavy atom. The van der Waals surface area contributed by atoms with Gasteiger partial charge in [-0.05, 0) is 50.0 Å². The molecule has 0 aromatic carbocycles. The third-order valence-electron chi connectivity index (χ3n) is 2.54. The molecule has 0 spiro atoms. The Bertz CT molecular complexity index is 106. The summed E-state index contributed by atoms with van der Waals surface area (Å²) in [7, 11) is 0. The van der Waals surface area contributed by atoms with Gasteiger partial charge < -0.3 is 5.73 Å². The quantitative estimate of drug-likeness (QED) is 0.660. The molecule has 1 fully saturated rings. The van der Waals surface area contributed by atoms with E-state index in [-0.39, 0.29) is 0 Å². The minimum absolute atomic E-state index is 0.522. The minimum atomic E-state index is 0.522. The van der Waals surface area contributed by atoms with Gasteiger partial charge in [-0.2, -0.15) is 11.8 Å². The van der Waals surface area contributed by atoms with E-state index in [1.54, 1.807) is 0 Å². The summed E-state index contributed by atoms with van der Waals surface area (Å²) in [5.41, 5.74) is 5.82. The van der Waals surface area contributed by atoms with Crippen molar-refractivity contribution in [2.75, 3.05) is 12.0 Å². The van der Waals surface area contributed by atoms with Crippen molar-refractivity contribution >= 4 is 11.8 Å². The zero-order valence-electron chi connectivity index (χ0n) is 7.38. The first kappa shape index (κ1) is 9.40. The van der Waals surface area contributed by atoms with Crippen LogP contribution in [0.1, 0.15) is 32.1 Å². The van der Waals surface area contributed by atoms with E-state index in [1.165, 1.54) is 37.9 Å². The number of hydrogen-bond donors (Lipinski definition) is 1. The van der Waals surface area contributed by atoms with Gasteiger partial charge in [0, 0.05) is 6.04 Å². The summed E-state index contributed by atoms with van der Waals surface area (Å²) >= 11 is 1.95. The fraction of sp³-hybridized carbons (Fsp3) is 1.00. The normalized spacial score (nSPS) is 31.1. The Hall–Kier alpha value is 0.310. The van der Waals surface area contributed by atoms with Crippen LogP contribution in [-0.2, 0) is 0 Å². The van der Waals surface area contributed by atoms with Crippen LogP contribution in [-0.4, -0.2) is 18.1 Å². The molecule has 66 valence electrons. The molecule has 0 heterocycles. The van der Waals surface area contributed by atoms with E-state index in [0.29, 0.717) is 6.04 Å². The number of nitrogens with two attached hydrogens (primary N) is 1. The van der Waals surface area contributed by atoms with Crippen molar-refractivity contribution in [1.82, 2.24) is 0 Å². The molecule has 11 heavy (non-hydrogen) atoms. The van der Waals surface area contributed by atoms with E-state index < -0.39 is 0 Å². The maximum atomic E-state index is 5.82. The lowest BCUT2D eigenvalue weighted by Gasteiger charge is -2.07. The van der Waals surface area contributed by atoms with Crippen molar-refractivity contribution in [3.63, 3.8) is 0 Å². The molecule has 0 amide bonds. The fourth-order valence-corrected chi connectivity index (χ4v) is 2.35. The third kappa shape index (κ3) is 3.48. The summed E-state index contributed by atoms with van der Waals surface area (Å²) in [6.45, 7) is 0. The molecule has 2 unspecified atom stereocenters. The van der Waals surface area contributed by atoms with Gasteiger partial charge in [-0.15, -0.1) is 0 Å². The number of hydrogen-bond acceptors (Lipinski definition) is 2. The highest BCUT2D eigenvalue weighted by Crippen LogP contribution is 2.28. The predicted molar refractivity (Wildman–Crippen MR) is 52.9 cm³/mol. The molecule has 2 atom stereocenters. The maximum absolute atomic E-state index is 5.82. The summed E-state index contributed by atoms with van der Waals surface area (Å²) in [5, 5.41) is 0. The van der Waals surface area contributed by atoms with Gasteiger partial charge in [0.05, 0.1) is 0 Å². The maximum Gasteiger partial charge on any atom is 0.00415 e. The second kappa shape index (κ2) is 5.04. The van der Waals surface area contributed by atoms with Crippen LogP contribution in [0.5, 0.6) is 0 Å². The number of thioether (sulfide) groups is 1. The lowest BCUT2D eigenvalue weighted by atomic mass is 10.0. The molecule has 1 nitrogen and oxygen atoms in total. The van der Waals surface area contributed by atoms with Crippen LogP contribution in [0.3, 0.4) is 0 Å². The molecule has 0 saturated heterocycles. The second-order valence-corrected chi connectivity index (χ2v) is 4.56. The van der Waals surface area contributed by atoms with Gasteiger partial charge >= 0.3 is 0 Å². The second-order valence-electron chi connectivity index (χ2n) is 3.57. The van der Waals surface area contributed by atoms with E-state index >= 15 is 0 Å². The highest BCUT2D eigenvalue weighted by atomic mass is 32.2. The smallest absolute Gasteiger partial charge is 0.00415 e. The average molecular weight is 173 g/mol. The molecule has 1 rings (SSSR count). The van der Waals surface area contributed by atoms with E-state index in [4.69, 9.17) is 5.73 Å². The monoisotopic (exact) mass is 173 g/mol.